The van der Waals surface area contributed by atoms with Gasteiger partial charge in [0.05, 0.1) is 0 Å². The Balaban J connectivity index is 2.23. The van der Waals surface area contributed by atoms with Crippen LogP contribution in [0.2, 0.25) is 0 Å². The van der Waals surface area contributed by atoms with E-state index in [4.69, 9.17) is 5.73 Å². The smallest absolute Gasteiger partial charge is 0.0411 e. The number of rotatable bonds is 2. The van der Waals surface area contributed by atoms with Crippen molar-refractivity contribution in [2.24, 2.45) is 17.6 Å². The van der Waals surface area contributed by atoms with Crippen molar-refractivity contribution in [2.45, 2.75) is 20.4 Å². The van der Waals surface area contributed by atoms with Gasteiger partial charge < -0.3 is 10.6 Å². The van der Waals surface area contributed by atoms with Crippen LogP contribution in [0.1, 0.15) is 19.4 Å². The van der Waals surface area contributed by atoms with Gasteiger partial charge in [-0.1, -0.05) is 32.0 Å². The Morgan fingerprint density at radius 2 is 1.80 bits per heavy atom. The lowest BCUT2D eigenvalue weighted by Crippen LogP contribution is -2.21. The molecule has 1 aliphatic heterocycles. The maximum absolute atomic E-state index is 5.76. The van der Waals surface area contributed by atoms with E-state index in [9.17, 15) is 0 Å². The molecule has 15 heavy (non-hydrogen) atoms. The molecule has 2 atom stereocenters. The molecule has 2 heteroatoms. The summed E-state index contributed by atoms with van der Waals surface area (Å²) >= 11 is 0. The van der Waals surface area contributed by atoms with Crippen LogP contribution in [-0.4, -0.2) is 13.1 Å². The molecule has 0 bridgehead atoms. The fourth-order valence-electron chi connectivity index (χ4n) is 2.32. The number of nitrogens with two attached hydrogens (primary N) is 1. The first-order chi connectivity index (χ1) is 7.22. The molecular weight excluding hydrogens is 184 g/mol. The van der Waals surface area contributed by atoms with E-state index in [2.05, 4.69) is 43.0 Å². The minimum Gasteiger partial charge on any atom is -0.371 e. The van der Waals surface area contributed by atoms with Gasteiger partial charge in [0.25, 0.3) is 0 Å². The molecule has 2 N–H and O–H groups in total. The monoisotopic (exact) mass is 204 g/mol. The SMILES string of the molecule is CC1CN(c2ccccc2CN)CC1C. The highest BCUT2D eigenvalue weighted by Gasteiger charge is 2.26. The van der Waals surface area contributed by atoms with Gasteiger partial charge in [-0.3, -0.25) is 0 Å². The fraction of sp³-hybridized carbons (Fsp3) is 0.538. The van der Waals surface area contributed by atoms with Crippen molar-refractivity contribution in [3.8, 4) is 0 Å². The summed E-state index contributed by atoms with van der Waals surface area (Å²) in [4.78, 5) is 2.47. The van der Waals surface area contributed by atoms with Crippen LogP contribution >= 0.6 is 0 Å². The summed E-state index contributed by atoms with van der Waals surface area (Å²) in [5, 5.41) is 0. The Bertz CT molecular complexity index is 325. The van der Waals surface area contributed by atoms with Gasteiger partial charge in [-0.05, 0) is 23.5 Å². The second-order valence-electron chi connectivity index (χ2n) is 4.69. The van der Waals surface area contributed by atoms with E-state index in [0.29, 0.717) is 6.54 Å². The fourth-order valence-corrected chi connectivity index (χ4v) is 2.32. The van der Waals surface area contributed by atoms with Gasteiger partial charge in [0.1, 0.15) is 0 Å². The van der Waals surface area contributed by atoms with Crippen molar-refractivity contribution in [1.29, 1.82) is 0 Å². The van der Waals surface area contributed by atoms with Crippen molar-refractivity contribution < 1.29 is 0 Å². The number of nitrogens with zero attached hydrogens (tertiary/aromatic N) is 1. The van der Waals surface area contributed by atoms with E-state index < -0.39 is 0 Å². The maximum atomic E-state index is 5.76. The highest BCUT2D eigenvalue weighted by atomic mass is 15.2. The Morgan fingerprint density at radius 3 is 2.40 bits per heavy atom. The lowest BCUT2D eigenvalue weighted by Gasteiger charge is -2.21. The molecule has 0 aliphatic carbocycles. The predicted molar refractivity (Wildman–Crippen MR) is 64.9 cm³/mol. The average Bonchev–Trinajstić information content (AvgIpc) is 2.59. The van der Waals surface area contributed by atoms with Crippen molar-refractivity contribution in [2.75, 3.05) is 18.0 Å². The summed E-state index contributed by atoms with van der Waals surface area (Å²) in [6, 6.07) is 8.48. The number of benzene rings is 1. The van der Waals surface area contributed by atoms with E-state index in [1.165, 1.54) is 11.3 Å². The van der Waals surface area contributed by atoms with Crippen molar-refractivity contribution >= 4 is 5.69 Å². The highest BCUT2D eigenvalue weighted by molar-refractivity contribution is 5.54. The molecule has 0 spiro atoms. The molecule has 1 aromatic rings. The lowest BCUT2D eigenvalue weighted by molar-refractivity contribution is 0.494. The average molecular weight is 204 g/mol. The molecule has 1 aliphatic rings. The molecule has 1 heterocycles. The van der Waals surface area contributed by atoms with Crippen LogP contribution in [0.25, 0.3) is 0 Å². The lowest BCUT2D eigenvalue weighted by atomic mass is 10.0. The first-order valence-corrected chi connectivity index (χ1v) is 5.75. The van der Waals surface area contributed by atoms with Crippen LogP contribution in [0.4, 0.5) is 5.69 Å². The van der Waals surface area contributed by atoms with Gasteiger partial charge in [0.15, 0.2) is 0 Å². The van der Waals surface area contributed by atoms with Crippen LogP contribution in [0.3, 0.4) is 0 Å². The first-order valence-electron chi connectivity index (χ1n) is 5.75. The molecule has 82 valence electrons. The molecule has 1 saturated heterocycles. The minimum absolute atomic E-state index is 0.634. The number of anilines is 1. The van der Waals surface area contributed by atoms with Crippen LogP contribution in [0, 0.1) is 11.8 Å². The summed E-state index contributed by atoms with van der Waals surface area (Å²) in [5.41, 5.74) is 8.35. The Morgan fingerprint density at radius 1 is 1.20 bits per heavy atom. The van der Waals surface area contributed by atoms with Crippen LogP contribution in [0.15, 0.2) is 24.3 Å². The normalized spacial score (nSPS) is 25.9. The maximum Gasteiger partial charge on any atom is 0.0411 e. The van der Waals surface area contributed by atoms with E-state index >= 15 is 0 Å². The minimum atomic E-state index is 0.634. The molecule has 2 unspecified atom stereocenters. The topological polar surface area (TPSA) is 29.3 Å². The summed E-state index contributed by atoms with van der Waals surface area (Å²) in [6.45, 7) is 7.62. The molecule has 2 nitrogen and oxygen atoms in total. The molecule has 0 saturated carbocycles. The number of hydrogen-bond acceptors (Lipinski definition) is 2. The van der Waals surface area contributed by atoms with E-state index in [1.54, 1.807) is 0 Å². The molecule has 2 rings (SSSR count). The van der Waals surface area contributed by atoms with Crippen molar-refractivity contribution in [3.05, 3.63) is 29.8 Å². The van der Waals surface area contributed by atoms with E-state index in [-0.39, 0.29) is 0 Å². The van der Waals surface area contributed by atoms with Crippen LogP contribution < -0.4 is 10.6 Å². The van der Waals surface area contributed by atoms with Crippen LogP contribution in [0.5, 0.6) is 0 Å². The first kappa shape index (κ1) is 10.5. The molecule has 1 aromatic carbocycles. The third-order valence-electron chi connectivity index (χ3n) is 3.54. The third-order valence-corrected chi connectivity index (χ3v) is 3.54. The largest absolute Gasteiger partial charge is 0.371 e. The van der Waals surface area contributed by atoms with Gasteiger partial charge in [0.2, 0.25) is 0 Å². The summed E-state index contributed by atoms with van der Waals surface area (Å²) in [5.74, 6) is 1.58. The predicted octanol–water partition coefficient (Wildman–Crippen LogP) is 2.24. The Labute approximate surface area is 92.1 Å². The number of para-hydroxylation sites is 1. The Kier molecular flexibility index (Phi) is 2.96. The molecule has 0 amide bonds. The third kappa shape index (κ3) is 2.00. The van der Waals surface area contributed by atoms with Gasteiger partial charge in [0, 0.05) is 25.3 Å². The van der Waals surface area contributed by atoms with Crippen molar-refractivity contribution in [1.82, 2.24) is 0 Å². The molecule has 0 aromatic heterocycles. The molecule has 1 fully saturated rings. The van der Waals surface area contributed by atoms with Crippen LogP contribution in [-0.2, 0) is 6.54 Å². The van der Waals surface area contributed by atoms with Gasteiger partial charge >= 0.3 is 0 Å². The Hall–Kier alpha value is -1.02. The second kappa shape index (κ2) is 4.23. The van der Waals surface area contributed by atoms with Gasteiger partial charge in [-0.25, -0.2) is 0 Å². The zero-order valence-electron chi connectivity index (χ0n) is 9.61. The number of hydrogen-bond donors (Lipinski definition) is 1. The summed E-state index contributed by atoms with van der Waals surface area (Å²) < 4.78 is 0. The zero-order chi connectivity index (χ0) is 10.8. The molecular formula is C13H20N2. The van der Waals surface area contributed by atoms with Crippen molar-refractivity contribution in [3.63, 3.8) is 0 Å². The molecule has 0 radical (unpaired) electrons. The van der Waals surface area contributed by atoms with E-state index in [0.717, 1.165) is 24.9 Å². The van der Waals surface area contributed by atoms with Gasteiger partial charge in [-0.2, -0.15) is 0 Å². The zero-order valence-corrected chi connectivity index (χ0v) is 9.61. The summed E-state index contributed by atoms with van der Waals surface area (Å²) in [6.07, 6.45) is 0. The standard InChI is InChI=1S/C13H20N2/c1-10-8-15(9-11(10)2)13-6-4-3-5-12(13)7-14/h3-6,10-11H,7-9,14H2,1-2H3. The quantitative estimate of drug-likeness (QED) is 0.800. The second-order valence-corrected chi connectivity index (χ2v) is 4.69. The van der Waals surface area contributed by atoms with Gasteiger partial charge in [-0.15, -0.1) is 0 Å². The van der Waals surface area contributed by atoms with E-state index in [1.807, 2.05) is 0 Å². The highest BCUT2D eigenvalue weighted by Crippen LogP contribution is 2.29. The summed E-state index contributed by atoms with van der Waals surface area (Å²) in [7, 11) is 0.